The molecule has 2 heterocycles. The van der Waals surface area contributed by atoms with Gasteiger partial charge in [0.1, 0.15) is 0 Å². The van der Waals surface area contributed by atoms with Crippen molar-refractivity contribution >= 4 is 60.7 Å². The second-order valence-corrected chi connectivity index (χ2v) is 18.8. The van der Waals surface area contributed by atoms with Gasteiger partial charge in [0, 0.05) is 44.3 Å². The van der Waals surface area contributed by atoms with Gasteiger partial charge in [-0.3, -0.25) is 0 Å². The fourth-order valence-corrected chi connectivity index (χ4v) is 12.5. The van der Waals surface area contributed by atoms with Crippen LogP contribution in [0.2, 0.25) is 0 Å². The quantitative estimate of drug-likeness (QED) is 0.162. The number of hydrogen-bond acceptors (Lipinski definition) is 1. The third-order valence-corrected chi connectivity index (χ3v) is 15.3. The molecule has 0 saturated carbocycles. The maximum atomic E-state index is 2.50. The summed E-state index contributed by atoms with van der Waals surface area (Å²) in [7, 11) is 0. The highest BCUT2D eigenvalue weighted by atomic mass is 15.1. The second-order valence-electron chi connectivity index (χ2n) is 18.8. The highest BCUT2D eigenvalue weighted by molar-refractivity contribution is 6.18. The van der Waals surface area contributed by atoms with Crippen molar-refractivity contribution in [3.05, 3.63) is 283 Å². The van der Waals surface area contributed by atoms with Crippen LogP contribution in [0, 0.1) is 0 Å². The topological polar surface area (TPSA) is 13.1 Å². The van der Waals surface area contributed by atoms with Gasteiger partial charge in [-0.05, 0) is 134 Å². The maximum Gasteiger partial charge on any atom is 0.0726 e. The molecular weight excluding hydrogens is 847 g/mol. The fraction of sp³-hybridized carbons (Fsp3) is 0.0149. The third kappa shape index (κ3) is 5.34. The molecule has 15 rings (SSSR count). The average molecular weight is 890 g/mol. The summed E-state index contributed by atoms with van der Waals surface area (Å²) in [5, 5.41) is 4.90. The maximum absolute atomic E-state index is 2.50. The Labute approximate surface area is 406 Å². The van der Waals surface area contributed by atoms with Gasteiger partial charge in [0.25, 0.3) is 0 Å². The van der Waals surface area contributed by atoms with Crippen LogP contribution in [0.15, 0.2) is 261 Å². The molecule has 3 heteroatoms. The Morgan fingerprint density at radius 2 is 0.757 bits per heavy atom. The fourth-order valence-electron chi connectivity index (χ4n) is 12.5. The van der Waals surface area contributed by atoms with E-state index in [1.807, 2.05) is 0 Å². The largest absolute Gasteiger partial charge is 0.310 e. The molecule has 0 unspecified atom stereocenters. The van der Waals surface area contributed by atoms with Crippen molar-refractivity contribution < 1.29 is 0 Å². The summed E-state index contributed by atoms with van der Waals surface area (Å²) < 4.78 is 4.86. The first-order valence-electron chi connectivity index (χ1n) is 24.3. The first-order chi connectivity index (χ1) is 34.8. The summed E-state index contributed by atoms with van der Waals surface area (Å²) in [6, 6.07) is 96.6. The Bertz CT molecular complexity index is 4170. The summed E-state index contributed by atoms with van der Waals surface area (Å²) in [6.07, 6.45) is 0. The molecule has 1 spiro atoms. The minimum atomic E-state index is -0.457. The van der Waals surface area contributed by atoms with Crippen LogP contribution in [0.25, 0.3) is 88.4 Å². The summed E-state index contributed by atoms with van der Waals surface area (Å²) in [6.45, 7) is 0. The lowest BCUT2D eigenvalue weighted by Crippen LogP contribution is -2.26. The summed E-state index contributed by atoms with van der Waals surface area (Å²) in [5.74, 6) is 0. The lowest BCUT2D eigenvalue weighted by molar-refractivity contribution is 0.793. The molecule has 0 saturated heterocycles. The molecule has 70 heavy (non-hydrogen) atoms. The number of nitrogens with zero attached hydrogens (tertiary/aromatic N) is 3. The third-order valence-electron chi connectivity index (χ3n) is 15.3. The Balaban J connectivity index is 0.969. The van der Waals surface area contributed by atoms with Crippen LogP contribution in [0.5, 0.6) is 0 Å². The summed E-state index contributed by atoms with van der Waals surface area (Å²) in [4.78, 5) is 2.49. The molecule has 0 aliphatic heterocycles. The first-order valence-corrected chi connectivity index (χ1v) is 24.3. The molecule has 2 aliphatic rings. The molecule has 2 aliphatic carbocycles. The molecule has 11 aromatic carbocycles. The van der Waals surface area contributed by atoms with E-state index < -0.39 is 5.41 Å². The van der Waals surface area contributed by atoms with E-state index in [-0.39, 0.29) is 0 Å². The first kappa shape index (κ1) is 38.9. The van der Waals surface area contributed by atoms with Crippen LogP contribution < -0.4 is 4.90 Å². The molecule has 0 radical (unpaired) electrons. The predicted octanol–water partition coefficient (Wildman–Crippen LogP) is 17.4. The van der Waals surface area contributed by atoms with Gasteiger partial charge in [0.05, 0.1) is 33.2 Å². The van der Waals surface area contributed by atoms with Crippen molar-refractivity contribution in [2.75, 3.05) is 4.90 Å². The minimum absolute atomic E-state index is 0.457. The second kappa shape index (κ2) is 14.9. The normalized spacial score (nSPS) is 13.0. The van der Waals surface area contributed by atoms with Crippen molar-refractivity contribution in [2.24, 2.45) is 0 Å². The van der Waals surface area contributed by atoms with Crippen molar-refractivity contribution in [2.45, 2.75) is 5.41 Å². The number of para-hydroxylation sites is 4. The van der Waals surface area contributed by atoms with Gasteiger partial charge in [-0.15, -0.1) is 0 Å². The SMILES string of the molecule is c1ccc(N(c2ccc3c(c2)C2(c4ccccc4-c4ccccc42)c2ccccc2-3)c2cccc3c2c2ccc(-c4ccc5c6ccccc6n(-c6ccccc6)c5c4)cc2n3-c2ccccc2)cc1. The summed E-state index contributed by atoms with van der Waals surface area (Å²) >= 11 is 0. The molecule has 0 bridgehead atoms. The van der Waals surface area contributed by atoms with E-state index >= 15 is 0 Å². The number of aromatic nitrogens is 2. The smallest absolute Gasteiger partial charge is 0.0726 e. The van der Waals surface area contributed by atoms with Crippen LogP contribution in [-0.2, 0) is 5.41 Å². The molecule has 3 nitrogen and oxygen atoms in total. The van der Waals surface area contributed by atoms with Crippen LogP contribution in [-0.4, -0.2) is 9.13 Å². The average Bonchev–Trinajstić information content (AvgIpc) is 4.14. The molecule has 0 N–H and O–H groups in total. The van der Waals surface area contributed by atoms with Crippen molar-refractivity contribution in [3.8, 4) is 44.8 Å². The van der Waals surface area contributed by atoms with Gasteiger partial charge in [-0.25, -0.2) is 0 Å². The lowest BCUT2D eigenvalue weighted by Gasteiger charge is -2.32. The van der Waals surface area contributed by atoms with E-state index in [9.17, 15) is 0 Å². The molecule has 0 atom stereocenters. The van der Waals surface area contributed by atoms with Crippen LogP contribution in [0.1, 0.15) is 22.3 Å². The molecule has 326 valence electrons. The Hall–Kier alpha value is -9.18. The summed E-state index contributed by atoms with van der Waals surface area (Å²) in [5.41, 5.74) is 22.8. The lowest BCUT2D eigenvalue weighted by atomic mass is 9.70. The molecule has 13 aromatic rings. The molecule has 0 amide bonds. The molecular formula is C67H43N3. The number of hydrogen-bond donors (Lipinski definition) is 0. The highest BCUT2D eigenvalue weighted by Gasteiger charge is 2.51. The van der Waals surface area contributed by atoms with E-state index in [0.717, 1.165) is 39.5 Å². The van der Waals surface area contributed by atoms with Crippen LogP contribution >= 0.6 is 0 Å². The van der Waals surface area contributed by atoms with E-state index in [0.29, 0.717) is 0 Å². The number of benzene rings is 11. The van der Waals surface area contributed by atoms with E-state index in [1.54, 1.807) is 0 Å². The van der Waals surface area contributed by atoms with E-state index in [2.05, 4.69) is 275 Å². The molecule has 0 fully saturated rings. The van der Waals surface area contributed by atoms with E-state index in [1.165, 1.54) is 88.2 Å². The number of rotatable bonds is 6. The van der Waals surface area contributed by atoms with Crippen LogP contribution in [0.3, 0.4) is 0 Å². The monoisotopic (exact) mass is 889 g/mol. The van der Waals surface area contributed by atoms with Gasteiger partial charge >= 0.3 is 0 Å². The van der Waals surface area contributed by atoms with Gasteiger partial charge in [0.2, 0.25) is 0 Å². The zero-order valence-electron chi connectivity index (χ0n) is 38.2. The van der Waals surface area contributed by atoms with Crippen molar-refractivity contribution in [1.29, 1.82) is 0 Å². The van der Waals surface area contributed by atoms with Gasteiger partial charge in [-0.1, -0.05) is 182 Å². The molecule has 2 aromatic heterocycles. The standard InChI is InChI=1S/C67H43N3/c1-4-19-46(20-5-1)68(49-37-40-53-52-27-12-16-31-59(52)67(60(53)43-49)57-29-14-10-25-50(57)51-26-11-15-30-58(51)67)62-33-18-34-63-66(62)56-39-36-45(42-65(56)70(63)48-23-8-3-9-24-48)44-35-38-55-54-28-13-17-32-61(54)69(64(55)41-44)47-21-6-2-7-22-47/h1-43H. The zero-order chi connectivity index (χ0) is 45.9. The number of anilines is 3. The Kier molecular flexibility index (Phi) is 8.28. The van der Waals surface area contributed by atoms with Gasteiger partial charge < -0.3 is 14.0 Å². The van der Waals surface area contributed by atoms with E-state index in [4.69, 9.17) is 0 Å². The van der Waals surface area contributed by atoms with Gasteiger partial charge in [-0.2, -0.15) is 0 Å². The highest BCUT2D eigenvalue weighted by Crippen LogP contribution is 2.63. The Morgan fingerprint density at radius 1 is 0.286 bits per heavy atom. The predicted molar refractivity (Wildman–Crippen MR) is 292 cm³/mol. The Morgan fingerprint density at radius 3 is 1.39 bits per heavy atom. The van der Waals surface area contributed by atoms with Crippen molar-refractivity contribution in [3.63, 3.8) is 0 Å². The number of fused-ring (bicyclic) bond motifs is 16. The zero-order valence-corrected chi connectivity index (χ0v) is 38.2. The minimum Gasteiger partial charge on any atom is -0.310 e. The van der Waals surface area contributed by atoms with Crippen molar-refractivity contribution in [1.82, 2.24) is 9.13 Å². The van der Waals surface area contributed by atoms with Crippen LogP contribution in [0.4, 0.5) is 17.1 Å². The van der Waals surface area contributed by atoms with Gasteiger partial charge in [0.15, 0.2) is 0 Å².